The molecule has 0 spiro atoms. The van der Waals surface area contributed by atoms with E-state index in [0.717, 1.165) is 10.0 Å². The third-order valence-electron chi connectivity index (χ3n) is 3.62. The molecule has 0 aliphatic carbocycles. The van der Waals surface area contributed by atoms with E-state index in [2.05, 4.69) is 15.9 Å². The van der Waals surface area contributed by atoms with E-state index in [4.69, 9.17) is 14.2 Å². The van der Waals surface area contributed by atoms with Crippen molar-refractivity contribution in [3.05, 3.63) is 63.6 Å². The van der Waals surface area contributed by atoms with Crippen LogP contribution in [0, 0.1) is 0 Å². The lowest BCUT2D eigenvalue weighted by atomic mass is 10.1. The smallest absolute Gasteiger partial charge is 0.339 e. The first-order chi connectivity index (χ1) is 11.6. The molecule has 0 fully saturated rings. The van der Waals surface area contributed by atoms with E-state index in [9.17, 15) is 9.90 Å². The number of esters is 1. The summed E-state index contributed by atoms with van der Waals surface area (Å²) in [6.45, 7) is 0.850. The van der Waals surface area contributed by atoms with Crippen molar-refractivity contribution in [2.24, 2.45) is 0 Å². The van der Waals surface area contributed by atoms with E-state index in [1.54, 1.807) is 12.1 Å². The van der Waals surface area contributed by atoms with Crippen LogP contribution in [-0.4, -0.2) is 30.4 Å². The lowest BCUT2D eigenvalue weighted by Crippen LogP contribution is -2.23. The Kier molecular flexibility index (Phi) is 5.50. The molecule has 1 unspecified atom stereocenters. The second-order valence-corrected chi connectivity index (χ2v) is 6.30. The molecule has 0 radical (unpaired) electrons. The molecule has 3 rings (SSSR count). The van der Waals surface area contributed by atoms with Crippen molar-refractivity contribution in [2.75, 3.05) is 13.2 Å². The van der Waals surface area contributed by atoms with Crippen molar-refractivity contribution in [3.63, 3.8) is 0 Å². The topological polar surface area (TPSA) is 65.0 Å². The number of hydrogen-bond donors (Lipinski definition) is 1. The van der Waals surface area contributed by atoms with Gasteiger partial charge in [-0.05, 0) is 33.6 Å². The van der Waals surface area contributed by atoms with Gasteiger partial charge >= 0.3 is 5.97 Å². The quantitative estimate of drug-likeness (QED) is 0.733. The number of rotatable bonds is 7. The van der Waals surface area contributed by atoms with E-state index < -0.39 is 6.10 Å². The van der Waals surface area contributed by atoms with E-state index in [0.29, 0.717) is 23.5 Å². The minimum absolute atomic E-state index is 0.0675. The Morgan fingerprint density at radius 3 is 2.75 bits per heavy atom. The first-order valence-electron chi connectivity index (χ1n) is 7.56. The fourth-order valence-electron chi connectivity index (χ4n) is 2.42. The van der Waals surface area contributed by atoms with Gasteiger partial charge < -0.3 is 19.3 Å². The van der Waals surface area contributed by atoms with Crippen molar-refractivity contribution in [2.45, 2.75) is 19.3 Å². The van der Waals surface area contributed by atoms with Crippen LogP contribution in [0.1, 0.15) is 21.5 Å². The number of carbonyl (C=O) groups excluding carboxylic acids is 1. The number of cyclic esters (lactones) is 1. The van der Waals surface area contributed by atoms with Crippen LogP contribution in [0.15, 0.2) is 46.9 Å². The Morgan fingerprint density at radius 1 is 1.17 bits per heavy atom. The highest BCUT2D eigenvalue weighted by Gasteiger charge is 2.26. The third kappa shape index (κ3) is 3.95. The number of aliphatic hydroxyl groups is 1. The molecule has 0 bridgehead atoms. The molecule has 0 saturated carbocycles. The highest BCUT2D eigenvalue weighted by Crippen LogP contribution is 2.35. The molecule has 0 saturated heterocycles. The van der Waals surface area contributed by atoms with E-state index in [1.165, 1.54) is 0 Å². The van der Waals surface area contributed by atoms with Crippen molar-refractivity contribution < 1.29 is 24.1 Å². The molecular formula is C18H17BrO5. The SMILES string of the molecule is O=C1OCc2c1ccc(Br)c2OCC(O)COCc1ccccc1. The highest BCUT2D eigenvalue weighted by atomic mass is 79.9. The number of aliphatic hydroxyl groups excluding tert-OH is 1. The number of halogens is 1. The summed E-state index contributed by atoms with van der Waals surface area (Å²) in [5, 5.41) is 10.0. The molecular weight excluding hydrogens is 376 g/mol. The molecule has 24 heavy (non-hydrogen) atoms. The van der Waals surface area contributed by atoms with E-state index in [-0.39, 0.29) is 25.8 Å². The molecule has 0 aromatic heterocycles. The summed E-state index contributed by atoms with van der Waals surface area (Å²) in [6, 6.07) is 13.2. The zero-order valence-electron chi connectivity index (χ0n) is 12.9. The van der Waals surface area contributed by atoms with Gasteiger partial charge in [0.15, 0.2) is 0 Å². The Bertz CT molecular complexity index is 717. The van der Waals surface area contributed by atoms with Crippen LogP contribution >= 0.6 is 15.9 Å². The van der Waals surface area contributed by atoms with Crippen LogP contribution in [0.5, 0.6) is 5.75 Å². The normalized spacial score (nSPS) is 14.2. The van der Waals surface area contributed by atoms with Crippen molar-refractivity contribution in [1.82, 2.24) is 0 Å². The Labute approximate surface area is 148 Å². The molecule has 126 valence electrons. The zero-order valence-corrected chi connectivity index (χ0v) is 14.5. The number of hydrogen-bond acceptors (Lipinski definition) is 5. The van der Waals surface area contributed by atoms with Gasteiger partial charge in [-0.25, -0.2) is 4.79 Å². The average Bonchev–Trinajstić information content (AvgIpc) is 2.96. The van der Waals surface area contributed by atoms with Crippen LogP contribution in [0.3, 0.4) is 0 Å². The second-order valence-electron chi connectivity index (χ2n) is 5.44. The molecule has 5 nitrogen and oxygen atoms in total. The van der Waals surface area contributed by atoms with E-state index >= 15 is 0 Å². The van der Waals surface area contributed by atoms with Crippen LogP contribution in [0.4, 0.5) is 0 Å². The lowest BCUT2D eigenvalue weighted by Gasteiger charge is -2.15. The first-order valence-corrected chi connectivity index (χ1v) is 8.35. The molecule has 0 amide bonds. The van der Waals surface area contributed by atoms with Crippen LogP contribution in [0.25, 0.3) is 0 Å². The van der Waals surface area contributed by atoms with Gasteiger partial charge in [0.1, 0.15) is 25.1 Å². The number of benzene rings is 2. The summed E-state index contributed by atoms with van der Waals surface area (Å²) in [7, 11) is 0. The molecule has 1 heterocycles. The predicted octanol–water partition coefficient (Wildman–Crippen LogP) is 3.08. The van der Waals surface area contributed by atoms with Crippen molar-refractivity contribution >= 4 is 21.9 Å². The summed E-state index contributed by atoms with van der Waals surface area (Å²) in [5.41, 5.74) is 2.25. The van der Waals surface area contributed by atoms with Gasteiger partial charge in [-0.15, -0.1) is 0 Å². The molecule has 6 heteroatoms. The third-order valence-corrected chi connectivity index (χ3v) is 4.25. The monoisotopic (exact) mass is 392 g/mol. The lowest BCUT2D eigenvalue weighted by molar-refractivity contribution is 0.00503. The summed E-state index contributed by atoms with van der Waals surface area (Å²) in [4.78, 5) is 11.6. The Balaban J connectivity index is 1.52. The molecule has 1 N–H and O–H groups in total. The highest BCUT2D eigenvalue weighted by molar-refractivity contribution is 9.10. The van der Waals surface area contributed by atoms with Crippen LogP contribution in [0.2, 0.25) is 0 Å². The largest absolute Gasteiger partial charge is 0.489 e. The van der Waals surface area contributed by atoms with E-state index in [1.807, 2.05) is 30.3 Å². The predicted molar refractivity (Wildman–Crippen MR) is 90.9 cm³/mol. The van der Waals surface area contributed by atoms with Crippen LogP contribution in [-0.2, 0) is 22.7 Å². The van der Waals surface area contributed by atoms with Gasteiger partial charge in [-0.2, -0.15) is 0 Å². The van der Waals surface area contributed by atoms with Crippen molar-refractivity contribution in [3.8, 4) is 5.75 Å². The maximum Gasteiger partial charge on any atom is 0.339 e. The Hall–Kier alpha value is -1.89. The summed E-state index contributed by atoms with van der Waals surface area (Å²) in [5.74, 6) is 0.176. The van der Waals surface area contributed by atoms with Crippen LogP contribution < -0.4 is 4.74 Å². The molecule has 1 atom stereocenters. The number of carbonyl (C=O) groups is 1. The minimum Gasteiger partial charge on any atom is -0.489 e. The zero-order chi connectivity index (χ0) is 16.9. The fraction of sp³-hybridized carbons (Fsp3) is 0.278. The Morgan fingerprint density at radius 2 is 1.96 bits per heavy atom. The van der Waals surface area contributed by atoms with Crippen molar-refractivity contribution in [1.29, 1.82) is 0 Å². The number of ether oxygens (including phenoxy) is 3. The maximum atomic E-state index is 11.6. The number of fused-ring (bicyclic) bond motifs is 1. The van der Waals surface area contributed by atoms with Gasteiger partial charge in [0.05, 0.1) is 23.2 Å². The van der Waals surface area contributed by atoms with Gasteiger partial charge in [0, 0.05) is 5.56 Å². The standard InChI is InChI=1S/C18H17BrO5/c19-16-7-6-14-15(11-24-18(14)21)17(16)23-10-13(20)9-22-8-12-4-2-1-3-5-12/h1-7,13,20H,8-11H2. The molecule has 1 aliphatic rings. The maximum absolute atomic E-state index is 11.6. The molecule has 2 aromatic rings. The molecule has 1 aliphatic heterocycles. The first kappa shape index (κ1) is 17.0. The fourth-order valence-corrected chi connectivity index (χ4v) is 2.91. The summed E-state index contributed by atoms with van der Waals surface area (Å²) >= 11 is 3.40. The van der Waals surface area contributed by atoms with Gasteiger partial charge in [0.2, 0.25) is 0 Å². The molecule has 2 aromatic carbocycles. The summed E-state index contributed by atoms with van der Waals surface area (Å²) in [6.07, 6.45) is -0.769. The van der Waals surface area contributed by atoms with Gasteiger partial charge in [-0.3, -0.25) is 0 Å². The average molecular weight is 393 g/mol. The second kappa shape index (κ2) is 7.79. The minimum atomic E-state index is -0.769. The van der Waals surface area contributed by atoms with Gasteiger partial charge in [0.25, 0.3) is 0 Å². The summed E-state index contributed by atoms with van der Waals surface area (Å²) < 4.78 is 16.9. The van der Waals surface area contributed by atoms with Gasteiger partial charge in [-0.1, -0.05) is 30.3 Å².